The fourth-order valence-electron chi connectivity index (χ4n) is 3.93. The van der Waals surface area contributed by atoms with E-state index in [1.54, 1.807) is 50.7 Å². The first-order valence-electron chi connectivity index (χ1n) is 9.23. The number of likely N-dealkylation sites (N-methyl/N-ethyl adjacent to an activating group) is 1. The van der Waals surface area contributed by atoms with Crippen molar-refractivity contribution in [2.24, 2.45) is 10.7 Å². The number of benzene rings is 2. The second kappa shape index (κ2) is 6.21. The molecule has 0 bridgehead atoms. The molecule has 150 valence electrons. The number of guanidine groups is 1. The normalized spacial score (nSPS) is 19.2. The van der Waals surface area contributed by atoms with Crippen LogP contribution in [-0.2, 0) is 10.3 Å². The maximum absolute atomic E-state index is 13.5. The molecule has 0 saturated heterocycles. The number of hydrogen-bond acceptors (Lipinski definition) is 7. The third kappa shape index (κ3) is 2.37. The predicted molar refractivity (Wildman–Crippen MR) is 110 cm³/mol. The number of aromatic nitrogens is 1. The Morgan fingerprint density at radius 1 is 1.07 bits per heavy atom. The van der Waals surface area contributed by atoms with E-state index in [9.17, 15) is 9.90 Å². The molecule has 30 heavy (non-hydrogen) atoms. The molecule has 2 aliphatic heterocycles. The van der Waals surface area contributed by atoms with E-state index in [2.05, 4.69) is 9.98 Å². The molecule has 2 aliphatic rings. The van der Waals surface area contributed by atoms with Gasteiger partial charge in [0.1, 0.15) is 23.0 Å². The van der Waals surface area contributed by atoms with Crippen LogP contribution in [0, 0.1) is 0 Å². The molecule has 2 aromatic carbocycles. The molecular weight excluding hydrogens is 384 g/mol. The molecule has 8 nitrogen and oxygen atoms in total. The Bertz CT molecular complexity index is 1240. The minimum atomic E-state index is -1.39. The topological polar surface area (TPSA) is 110 Å². The lowest BCUT2D eigenvalue weighted by Crippen LogP contribution is -2.42. The summed E-state index contributed by atoms with van der Waals surface area (Å²) in [6.45, 7) is 0. The van der Waals surface area contributed by atoms with Gasteiger partial charge in [0.15, 0.2) is 5.96 Å². The first-order valence-corrected chi connectivity index (χ1v) is 9.23. The quantitative estimate of drug-likeness (QED) is 0.682. The largest absolute Gasteiger partial charge is 0.506 e. The molecule has 0 fully saturated rings. The number of nitrogens with two attached hydrogens (primary N) is 1. The average Bonchev–Trinajstić information content (AvgIpc) is 2.98. The molecule has 1 atom stereocenters. The summed E-state index contributed by atoms with van der Waals surface area (Å²) in [6.07, 6.45) is 2.99. The number of pyridine rings is 1. The molecule has 5 rings (SSSR count). The maximum atomic E-state index is 13.5. The van der Waals surface area contributed by atoms with Crippen LogP contribution >= 0.6 is 0 Å². The van der Waals surface area contributed by atoms with Gasteiger partial charge in [-0.1, -0.05) is 6.07 Å². The molecular formula is C22H18N4O4. The van der Waals surface area contributed by atoms with Gasteiger partial charge in [-0.15, -0.1) is 0 Å². The third-order valence-electron chi connectivity index (χ3n) is 5.46. The van der Waals surface area contributed by atoms with E-state index in [4.69, 9.17) is 15.2 Å². The van der Waals surface area contributed by atoms with Crippen molar-refractivity contribution in [3.63, 3.8) is 0 Å². The van der Waals surface area contributed by atoms with Crippen LogP contribution < -0.4 is 15.2 Å². The van der Waals surface area contributed by atoms with Gasteiger partial charge in [0.25, 0.3) is 5.91 Å². The number of hydrogen-bond donors (Lipinski definition) is 2. The summed E-state index contributed by atoms with van der Waals surface area (Å²) in [5, 5.41) is 9.82. The zero-order valence-corrected chi connectivity index (χ0v) is 16.3. The molecule has 8 heteroatoms. The second-order valence-corrected chi connectivity index (χ2v) is 7.15. The lowest BCUT2D eigenvalue weighted by molar-refractivity contribution is -0.129. The van der Waals surface area contributed by atoms with Gasteiger partial charge >= 0.3 is 0 Å². The summed E-state index contributed by atoms with van der Waals surface area (Å²) in [5.41, 5.74) is 7.23. The van der Waals surface area contributed by atoms with Crippen molar-refractivity contribution in [1.29, 1.82) is 0 Å². The van der Waals surface area contributed by atoms with Crippen molar-refractivity contribution in [2.45, 2.75) is 5.54 Å². The third-order valence-corrected chi connectivity index (χ3v) is 5.46. The lowest BCUT2D eigenvalue weighted by Gasteiger charge is -2.34. The van der Waals surface area contributed by atoms with E-state index in [-0.39, 0.29) is 17.6 Å². The van der Waals surface area contributed by atoms with E-state index in [1.807, 2.05) is 12.1 Å². The van der Waals surface area contributed by atoms with Crippen LogP contribution in [-0.4, -0.2) is 41.0 Å². The standard InChI is InChI=1S/C22H18N4O4/c1-26-20(28)22(25-21(26)23)16-8-12(13-7-14(27)11-24-10-13)3-5-18(16)30-19-6-4-15(29-2)9-17(19)22/h3-11,27H,1-2H3,(H2,23,25). The van der Waals surface area contributed by atoms with Crippen molar-refractivity contribution >= 4 is 11.9 Å². The van der Waals surface area contributed by atoms with Gasteiger partial charge in [-0.3, -0.25) is 14.7 Å². The first kappa shape index (κ1) is 18.0. The van der Waals surface area contributed by atoms with Gasteiger partial charge in [0.2, 0.25) is 5.54 Å². The highest BCUT2D eigenvalue weighted by Gasteiger charge is 2.54. The molecule has 1 aromatic heterocycles. The Balaban J connectivity index is 1.80. The van der Waals surface area contributed by atoms with Gasteiger partial charge in [-0.25, -0.2) is 4.99 Å². The Kier molecular flexibility index (Phi) is 3.73. The van der Waals surface area contributed by atoms with Crippen molar-refractivity contribution < 1.29 is 19.4 Å². The fraction of sp³-hybridized carbons (Fsp3) is 0.136. The molecule has 0 aliphatic carbocycles. The lowest BCUT2D eigenvalue weighted by atomic mass is 9.79. The fourth-order valence-corrected chi connectivity index (χ4v) is 3.93. The van der Waals surface area contributed by atoms with E-state index >= 15 is 0 Å². The molecule has 3 heterocycles. The molecule has 1 amide bonds. The molecule has 3 N–H and O–H groups in total. The van der Waals surface area contributed by atoms with Gasteiger partial charge in [0, 0.05) is 29.9 Å². The minimum absolute atomic E-state index is 0.0465. The number of ether oxygens (including phenoxy) is 2. The smallest absolute Gasteiger partial charge is 0.266 e. The maximum Gasteiger partial charge on any atom is 0.266 e. The Morgan fingerprint density at radius 3 is 2.47 bits per heavy atom. The second-order valence-electron chi connectivity index (χ2n) is 7.15. The highest BCUT2D eigenvalue weighted by Crippen LogP contribution is 2.53. The van der Waals surface area contributed by atoms with Crippen molar-refractivity contribution in [1.82, 2.24) is 9.88 Å². The molecule has 1 unspecified atom stereocenters. The number of methoxy groups -OCH3 is 1. The van der Waals surface area contributed by atoms with Crippen LogP contribution in [0.25, 0.3) is 11.1 Å². The average molecular weight is 402 g/mol. The highest BCUT2D eigenvalue weighted by atomic mass is 16.5. The summed E-state index contributed by atoms with van der Waals surface area (Å²) in [7, 11) is 3.15. The van der Waals surface area contributed by atoms with Crippen LogP contribution in [0.2, 0.25) is 0 Å². The van der Waals surface area contributed by atoms with Crippen LogP contribution in [0.15, 0.2) is 59.9 Å². The first-order chi connectivity index (χ1) is 14.4. The number of fused-ring (bicyclic) bond motifs is 4. The minimum Gasteiger partial charge on any atom is -0.506 e. The number of rotatable bonds is 2. The van der Waals surface area contributed by atoms with E-state index in [0.29, 0.717) is 33.9 Å². The molecule has 3 aromatic rings. The zero-order valence-electron chi connectivity index (χ0n) is 16.3. The monoisotopic (exact) mass is 402 g/mol. The Labute approximate surface area is 172 Å². The van der Waals surface area contributed by atoms with Gasteiger partial charge in [0.05, 0.1) is 13.3 Å². The number of aromatic hydroxyl groups is 1. The summed E-state index contributed by atoms with van der Waals surface area (Å²) < 4.78 is 11.5. The van der Waals surface area contributed by atoms with Crippen LogP contribution in [0.5, 0.6) is 23.0 Å². The summed E-state index contributed by atoms with van der Waals surface area (Å²) in [5.74, 6) is 1.46. The summed E-state index contributed by atoms with van der Waals surface area (Å²) >= 11 is 0. The Morgan fingerprint density at radius 2 is 1.80 bits per heavy atom. The number of aliphatic imine (C=N–C) groups is 1. The van der Waals surface area contributed by atoms with Crippen LogP contribution in [0.4, 0.5) is 0 Å². The predicted octanol–water partition coefficient (Wildman–Crippen LogP) is 2.60. The van der Waals surface area contributed by atoms with Crippen LogP contribution in [0.1, 0.15) is 11.1 Å². The van der Waals surface area contributed by atoms with E-state index in [1.165, 1.54) is 11.1 Å². The van der Waals surface area contributed by atoms with Crippen LogP contribution in [0.3, 0.4) is 0 Å². The zero-order chi connectivity index (χ0) is 21.0. The number of carbonyl (C=O) groups excluding carboxylic acids is 1. The highest BCUT2D eigenvalue weighted by molar-refractivity contribution is 6.10. The van der Waals surface area contributed by atoms with Crippen molar-refractivity contribution in [3.8, 4) is 34.1 Å². The van der Waals surface area contributed by atoms with E-state index < -0.39 is 5.54 Å². The summed E-state index contributed by atoms with van der Waals surface area (Å²) in [6, 6.07) is 12.3. The molecule has 0 saturated carbocycles. The molecule has 0 radical (unpaired) electrons. The van der Waals surface area contributed by atoms with E-state index in [0.717, 1.165) is 5.56 Å². The van der Waals surface area contributed by atoms with Crippen molar-refractivity contribution in [3.05, 3.63) is 66.0 Å². The SMILES string of the molecule is COc1ccc2c(c1)C1(N=C(N)N(C)C1=O)c1cc(-c3cncc(O)c3)ccc1O2. The van der Waals surface area contributed by atoms with Crippen molar-refractivity contribution in [2.75, 3.05) is 14.2 Å². The van der Waals surface area contributed by atoms with Gasteiger partial charge < -0.3 is 20.3 Å². The van der Waals surface area contributed by atoms with Gasteiger partial charge in [-0.2, -0.15) is 0 Å². The number of nitrogens with zero attached hydrogens (tertiary/aromatic N) is 3. The Hall–Kier alpha value is -4.07. The van der Waals surface area contributed by atoms with Gasteiger partial charge in [-0.05, 0) is 42.0 Å². The summed E-state index contributed by atoms with van der Waals surface area (Å²) in [4.78, 5) is 23.5. The number of amides is 1. The molecule has 1 spiro atoms. The number of carbonyl (C=O) groups is 1.